The van der Waals surface area contributed by atoms with Crippen molar-refractivity contribution in [3.05, 3.63) is 76.4 Å². The van der Waals surface area contributed by atoms with Crippen LogP contribution in [0.4, 0.5) is 0 Å². The van der Waals surface area contributed by atoms with Gasteiger partial charge < -0.3 is 0 Å². The minimum atomic E-state index is 0.0429. The lowest BCUT2D eigenvalue weighted by molar-refractivity contribution is 0.104. The van der Waals surface area contributed by atoms with Gasteiger partial charge in [-0.05, 0) is 42.0 Å². The maximum absolute atomic E-state index is 12.3. The van der Waals surface area contributed by atoms with E-state index in [0.717, 1.165) is 11.1 Å². The van der Waals surface area contributed by atoms with E-state index >= 15 is 0 Å². The Bertz CT molecular complexity index is 698. The second kappa shape index (κ2) is 6.31. The Morgan fingerprint density at radius 3 is 2.18 bits per heavy atom. The van der Waals surface area contributed by atoms with Gasteiger partial charge in [0.05, 0.1) is 0 Å². The van der Waals surface area contributed by atoms with E-state index in [2.05, 4.69) is 52.8 Å². The van der Waals surface area contributed by atoms with Gasteiger partial charge in [-0.1, -0.05) is 74.9 Å². The molecule has 0 aliphatic carbocycles. The number of allylic oxidation sites excluding steroid dienone is 1. The van der Waals surface area contributed by atoms with Crippen molar-refractivity contribution in [2.24, 2.45) is 0 Å². The number of aryl methyl sites for hydroxylation is 2. The van der Waals surface area contributed by atoms with Crippen LogP contribution in [-0.4, -0.2) is 5.78 Å². The molecule has 1 nitrogen and oxygen atoms in total. The third-order valence-corrected chi connectivity index (χ3v) is 3.88. The second-order valence-corrected chi connectivity index (χ2v) is 6.88. The zero-order chi connectivity index (χ0) is 16.3. The molecular weight excluding hydrogens is 268 g/mol. The van der Waals surface area contributed by atoms with Gasteiger partial charge in [-0.2, -0.15) is 0 Å². The Morgan fingerprint density at radius 1 is 0.955 bits per heavy atom. The second-order valence-electron chi connectivity index (χ2n) is 6.88. The molecule has 0 saturated heterocycles. The summed E-state index contributed by atoms with van der Waals surface area (Å²) in [5, 5.41) is 0. The summed E-state index contributed by atoms with van der Waals surface area (Å²) in [5.74, 6) is 0.0429. The largest absolute Gasteiger partial charge is 0.289 e. The SMILES string of the molecule is Cc1ccc(C)c(/C=C/C(=O)c2ccc(C(C)(C)C)cc2)c1. The van der Waals surface area contributed by atoms with Gasteiger partial charge in [-0.3, -0.25) is 4.79 Å². The van der Waals surface area contributed by atoms with Gasteiger partial charge in [0.25, 0.3) is 0 Å². The fourth-order valence-corrected chi connectivity index (χ4v) is 2.34. The highest BCUT2D eigenvalue weighted by atomic mass is 16.1. The molecule has 0 bridgehead atoms. The number of carbonyl (C=O) groups excluding carboxylic acids is 1. The third kappa shape index (κ3) is 3.94. The first kappa shape index (κ1) is 16.2. The summed E-state index contributed by atoms with van der Waals surface area (Å²) in [6.45, 7) is 10.6. The van der Waals surface area contributed by atoms with Gasteiger partial charge >= 0.3 is 0 Å². The molecule has 0 heterocycles. The summed E-state index contributed by atoms with van der Waals surface area (Å²) < 4.78 is 0. The molecule has 2 aromatic carbocycles. The van der Waals surface area contributed by atoms with Crippen molar-refractivity contribution in [1.82, 2.24) is 0 Å². The van der Waals surface area contributed by atoms with Crippen molar-refractivity contribution in [2.45, 2.75) is 40.0 Å². The molecule has 1 heteroatoms. The highest BCUT2D eigenvalue weighted by Crippen LogP contribution is 2.22. The van der Waals surface area contributed by atoms with E-state index in [4.69, 9.17) is 0 Å². The first-order chi connectivity index (χ1) is 10.3. The van der Waals surface area contributed by atoms with Crippen LogP contribution in [0.2, 0.25) is 0 Å². The number of hydrogen-bond acceptors (Lipinski definition) is 1. The predicted molar refractivity (Wildman–Crippen MR) is 94.4 cm³/mol. The lowest BCUT2D eigenvalue weighted by Gasteiger charge is -2.18. The number of hydrogen-bond donors (Lipinski definition) is 0. The Kier molecular flexibility index (Phi) is 4.65. The molecule has 0 saturated carbocycles. The highest BCUT2D eigenvalue weighted by Gasteiger charge is 2.13. The summed E-state index contributed by atoms with van der Waals surface area (Å²) in [7, 11) is 0. The van der Waals surface area contributed by atoms with Gasteiger partial charge in [-0.15, -0.1) is 0 Å². The standard InChI is InChI=1S/C21H24O/c1-15-6-7-16(2)18(14-15)10-13-20(22)17-8-11-19(12-9-17)21(3,4)5/h6-14H,1-5H3/b13-10+. The fourth-order valence-electron chi connectivity index (χ4n) is 2.34. The number of ketones is 1. The summed E-state index contributed by atoms with van der Waals surface area (Å²) >= 11 is 0. The van der Waals surface area contributed by atoms with Crippen LogP contribution in [0.15, 0.2) is 48.5 Å². The molecule has 2 rings (SSSR count). The molecule has 0 amide bonds. The van der Waals surface area contributed by atoms with E-state index in [0.29, 0.717) is 0 Å². The monoisotopic (exact) mass is 292 g/mol. The van der Waals surface area contributed by atoms with Gasteiger partial charge in [0.1, 0.15) is 0 Å². The van der Waals surface area contributed by atoms with Crippen LogP contribution in [0.25, 0.3) is 6.08 Å². The van der Waals surface area contributed by atoms with Gasteiger partial charge in [0, 0.05) is 5.56 Å². The number of rotatable bonds is 3. The molecular formula is C21H24O. The molecule has 0 aromatic heterocycles. The molecule has 0 aliphatic rings. The zero-order valence-electron chi connectivity index (χ0n) is 14.1. The van der Waals surface area contributed by atoms with Crippen molar-refractivity contribution < 1.29 is 4.79 Å². The Balaban J connectivity index is 2.18. The molecule has 0 unspecified atom stereocenters. The van der Waals surface area contributed by atoms with E-state index in [9.17, 15) is 4.79 Å². The van der Waals surface area contributed by atoms with Crippen molar-refractivity contribution in [2.75, 3.05) is 0 Å². The molecule has 0 spiro atoms. The maximum Gasteiger partial charge on any atom is 0.185 e. The van der Waals surface area contributed by atoms with Crippen molar-refractivity contribution in [3.63, 3.8) is 0 Å². The predicted octanol–water partition coefficient (Wildman–Crippen LogP) is 5.50. The number of benzene rings is 2. The van der Waals surface area contributed by atoms with Crippen LogP contribution < -0.4 is 0 Å². The quantitative estimate of drug-likeness (QED) is 0.539. The molecule has 0 fully saturated rings. The molecule has 0 aliphatic heterocycles. The Labute approximate surface area is 133 Å². The summed E-state index contributed by atoms with van der Waals surface area (Å²) in [4.78, 5) is 12.3. The van der Waals surface area contributed by atoms with Crippen molar-refractivity contribution in [3.8, 4) is 0 Å². The van der Waals surface area contributed by atoms with Gasteiger partial charge in [-0.25, -0.2) is 0 Å². The zero-order valence-corrected chi connectivity index (χ0v) is 14.1. The first-order valence-electron chi connectivity index (χ1n) is 7.67. The molecule has 0 N–H and O–H groups in total. The van der Waals surface area contributed by atoms with E-state index in [-0.39, 0.29) is 11.2 Å². The van der Waals surface area contributed by atoms with Crippen LogP contribution in [0, 0.1) is 13.8 Å². The lowest BCUT2D eigenvalue weighted by atomic mass is 9.86. The number of carbonyl (C=O) groups is 1. The van der Waals surface area contributed by atoms with Gasteiger partial charge in [0.15, 0.2) is 5.78 Å². The van der Waals surface area contributed by atoms with Crippen LogP contribution in [0.3, 0.4) is 0 Å². The van der Waals surface area contributed by atoms with Crippen LogP contribution in [-0.2, 0) is 5.41 Å². The van der Waals surface area contributed by atoms with E-state index in [1.165, 1.54) is 16.7 Å². The fraction of sp³-hybridized carbons (Fsp3) is 0.286. The third-order valence-electron chi connectivity index (χ3n) is 3.88. The summed E-state index contributed by atoms with van der Waals surface area (Å²) in [6, 6.07) is 14.2. The summed E-state index contributed by atoms with van der Waals surface area (Å²) in [6.07, 6.45) is 3.57. The smallest absolute Gasteiger partial charge is 0.185 e. The summed E-state index contributed by atoms with van der Waals surface area (Å²) in [5.41, 5.74) is 5.55. The van der Waals surface area contributed by atoms with E-state index in [1.807, 2.05) is 30.3 Å². The average Bonchev–Trinajstić information content (AvgIpc) is 2.47. The van der Waals surface area contributed by atoms with E-state index in [1.54, 1.807) is 6.08 Å². The van der Waals surface area contributed by atoms with Crippen molar-refractivity contribution in [1.29, 1.82) is 0 Å². The lowest BCUT2D eigenvalue weighted by Crippen LogP contribution is -2.11. The van der Waals surface area contributed by atoms with Gasteiger partial charge in [0.2, 0.25) is 0 Å². The Hall–Kier alpha value is -2.15. The molecule has 114 valence electrons. The molecule has 2 aromatic rings. The maximum atomic E-state index is 12.3. The normalized spacial score (nSPS) is 11.9. The first-order valence-corrected chi connectivity index (χ1v) is 7.67. The molecule has 0 atom stereocenters. The van der Waals surface area contributed by atoms with Crippen LogP contribution >= 0.6 is 0 Å². The topological polar surface area (TPSA) is 17.1 Å². The van der Waals surface area contributed by atoms with Crippen LogP contribution in [0.1, 0.15) is 53.4 Å². The minimum absolute atomic E-state index is 0.0429. The Morgan fingerprint density at radius 2 is 1.59 bits per heavy atom. The van der Waals surface area contributed by atoms with Crippen molar-refractivity contribution >= 4 is 11.9 Å². The van der Waals surface area contributed by atoms with E-state index < -0.39 is 0 Å². The molecule has 22 heavy (non-hydrogen) atoms. The van der Waals surface area contributed by atoms with Crippen LogP contribution in [0.5, 0.6) is 0 Å². The molecule has 0 radical (unpaired) electrons. The highest BCUT2D eigenvalue weighted by molar-refractivity contribution is 6.06. The minimum Gasteiger partial charge on any atom is -0.289 e. The average molecular weight is 292 g/mol.